The summed E-state index contributed by atoms with van der Waals surface area (Å²) in [5, 5.41) is 8.29. The van der Waals surface area contributed by atoms with Gasteiger partial charge in [0.2, 0.25) is 0 Å². The van der Waals surface area contributed by atoms with Crippen molar-refractivity contribution >= 4 is 5.97 Å². The molecule has 0 aliphatic heterocycles. The van der Waals surface area contributed by atoms with Gasteiger partial charge >= 0.3 is 5.97 Å². The Labute approximate surface area is 55.2 Å². The molecule has 0 aromatic rings. The van der Waals surface area contributed by atoms with Crippen molar-refractivity contribution in [3.63, 3.8) is 0 Å². The average Bonchev–Trinajstić information content (AvgIpc) is 1.63. The Morgan fingerprint density at radius 1 is 1.78 bits per heavy atom. The van der Waals surface area contributed by atoms with Gasteiger partial charge in [-0.2, -0.15) is 0 Å². The SMILES string of the molecule is C=C(C)[C@H](C)CC(=O)O. The van der Waals surface area contributed by atoms with E-state index in [0.717, 1.165) is 5.57 Å². The minimum atomic E-state index is -0.759. The van der Waals surface area contributed by atoms with Crippen LogP contribution in [0.25, 0.3) is 0 Å². The zero-order chi connectivity index (χ0) is 7.44. The first-order valence-corrected chi connectivity index (χ1v) is 2.91. The molecule has 0 aromatic carbocycles. The number of carbonyl (C=O) groups is 1. The molecule has 0 aliphatic carbocycles. The van der Waals surface area contributed by atoms with Crippen LogP contribution in [-0.2, 0) is 4.79 Å². The van der Waals surface area contributed by atoms with Gasteiger partial charge in [0.1, 0.15) is 0 Å². The van der Waals surface area contributed by atoms with Crippen LogP contribution in [0.15, 0.2) is 12.2 Å². The van der Waals surface area contributed by atoms with Gasteiger partial charge in [-0.25, -0.2) is 0 Å². The van der Waals surface area contributed by atoms with E-state index in [1.807, 2.05) is 13.8 Å². The van der Waals surface area contributed by atoms with E-state index in [4.69, 9.17) is 5.11 Å². The van der Waals surface area contributed by atoms with Gasteiger partial charge in [0.25, 0.3) is 0 Å². The zero-order valence-corrected chi connectivity index (χ0v) is 5.85. The van der Waals surface area contributed by atoms with E-state index in [1.165, 1.54) is 0 Å². The molecule has 0 heterocycles. The van der Waals surface area contributed by atoms with Gasteiger partial charge in [-0.15, -0.1) is 0 Å². The minimum absolute atomic E-state index is 0.0995. The largest absolute Gasteiger partial charge is 0.481 e. The average molecular weight is 128 g/mol. The molecule has 0 spiro atoms. The fraction of sp³-hybridized carbons (Fsp3) is 0.571. The Morgan fingerprint density at radius 2 is 2.22 bits per heavy atom. The van der Waals surface area contributed by atoms with Crippen LogP contribution < -0.4 is 0 Å². The van der Waals surface area contributed by atoms with E-state index < -0.39 is 5.97 Å². The third-order valence-electron chi connectivity index (χ3n) is 1.32. The van der Waals surface area contributed by atoms with Crippen LogP contribution in [0.4, 0.5) is 0 Å². The van der Waals surface area contributed by atoms with Gasteiger partial charge in [-0.05, 0) is 12.8 Å². The second kappa shape index (κ2) is 3.28. The van der Waals surface area contributed by atoms with E-state index >= 15 is 0 Å². The highest BCUT2D eigenvalue weighted by molar-refractivity contribution is 5.67. The summed E-state index contributed by atoms with van der Waals surface area (Å²) in [6.07, 6.45) is 0.190. The molecule has 0 fully saturated rings. The Balaban J connectivity index is 3.63. The molecule has 0 saturated carbocycles. The summed E-state index contributed by atoms with van der Waals surface area (Å²) in [5.74, 6) is -0.659. The van der Waals surface area contributed by atoms with Crippen LogP contribution in [0.5, 0.6) is 0 Å². The molecule has 0 unspecified atom stereocenters. The molecule has 0 aromatic heterocycles. The monoisotopic (exact) mass is 128 g/mol. The molecular weight excluding hydrogens is 116 g/mol. The first-order chi connectivity index (χ1) is 4.04. The van der Waals surface area contributed by atoms with Crippen molar-refractivity contribution in [1.82, 2.24) is 0 Å². The fourth-order valence-corrected chi connectivity index (χ4v) is 0.436. The van der Waals surface area contributed by atoms with E-state index in [0.29, 0.717) is 0 Å². The maximum absolute atomic E-state index is 10.1. The molecule has 52 valence electrons. The lowest BCUT2D eigenvalue weighted by atomic mass is 10.0. The molecule has 0 saturated heterocycles. The van der Waals surface area contributed by atoms with Crippen LogP contribution in [0, 0.1) is 5.92 Å². The number of hydrogen-bond acceptors (Lipinski definition) is 1. The van der Waals surface area contributed by atoms with Crippen molar-refractivity contribution in [3.8, 4) is 0 Å². The first kappa shape index (κ1) is 8.21. The standard InChI is InChI=1S/C7H12O2/c1-5(2)6(3)4-7(8)9/h6H,1,4H2,2-3H3,(H,8,9)/t6-/m1/s1. The van der Waals surface area contributed by atoms with Crippen molar-refractivity contribution in [1.29, 1.82) is 0 Å². The van der Waals surface area contributed by atoms with Crippen molar-refractivity contribution in [3.05, 3.63) is 12.2 Å². The molecule has 2 heteroatoms. The Bertz CT molecular complexity index is 127. The summed E-state index contributed by atoms with van der Waals surface area (Å²) < 4.78 is 0. The normalized spacial score (nSPS) is 12.7. The lowest BCUT2D eigenvalue weighted by molar-refractivity contribution is -0.137. The number of carboxylic acids is 1. The van der Waals surface area contributed by atoms with Crippen LogP contribution in [0.1, 0.15) is 20.3 Å². The van der Waals surface area contributed by atoms with E-state index in [1.54, 1.807) is 0 Å². The minimum Gasteiger partial charge on any atom is -0.481 e. The maximum Gasteiger partial charge on any atom is 0.303 e. The van der Waals surface area contributed by atoms with Crippen molar-refractivity contribution in [2.24, 2.45) is 5.92 Å². The Kier molecular flexibility index (Phi) is 2.99. The lowest BCUT2D eigenvalue weighted by Gasteiger charge is -2.05. The smallest absolute Gasteiger partial charge is 0.303 e. The first-order valence-electron chi connectivity index (χ1n) is 2.91. The van der Waals surface area contributed by atoms with Crippen LogP contribution >= 0.6 is 0 Å². The van der Waals surface area contributed by atoms with Gasteiger partial charge in [0.15, 0.2) is 0 Å². The lowest BCUT2D eigenvalue weighted by Crippen LogP contribution is -2.04. The third-order valence-corrected chi connectivity index (χ3v) is 1.32. The number of hydrogen-bond donors (Lipinski definition) is 1. The quantitative estimate of drug-likeness (QED) is 0.587. The van der Waals surface area contributed by atoms with Gasteiger partial charge in [0, 0.05) is 0 Å². The number of carboxylic acid groups (broad SMARTS) is 1. The number of allylic oxidation sites excluding steroid dienone is 1. The molecule has 2 nitrogen and oxygen atoms in total. The molecule has 0 radical (unpaired) electrons. The second-order valence-electron chi connectivity index (χ2n) is 2.35. The zero-order valence-electron chi connectivity index (χ0n) is 5.85. The van der Waals surface area contributed by atoms with Gasteiger partial charge in [0.05, 0.1) is 6.42 Å². The highest BCUT2D eigenvalue weighted by Gasteiger charge is 2.06. The van der Waals surface area contributed by atoms with Crippen LogP contribution in [-0.4, -0.2) is 11.1 Å². The predicted octanol–water partition coefficient (Wildman–Crippen LogP) is 1.67. The summed E-state index contributed by atoms with van der Waals surface area (Å²) in [6.45, 7) is 7.34. The molecule has 0 amide bonds. The van der Waals surface area contributed by atoms with E-state index in [9.17, 15) is 4.79 Å². The fourth-order valence-electron chi connectivity index (χ4n) is 0.436. The molecule has 0 aliphatic rings. The number of rotatable bonds is 3. The van der Waals surface area contributed by atoms with Crippen LogP contribution in [0.3, 0.4) is 0 Å². The molecule has 0 rings (SSSR count). The van der Waals surface area contributed by atoms with Crippen LogP contribution in [0.2, 0.25) is 0 Å². The Morgan fingerprint density at radius 3 is 2.33 bits per heavy atom. The van der Waals surface area contributed by atoms with Gasteiger partial charge in [-0.3, -0.25) is 4.79 Å². The summed E-state index contributed by atoms with van der Waals surface area (Å²) in [7, 11) is 0. The van der Waals surface area contributed by atoms with Crippen molar-refractivity contribution in [2.75, 3.05) is 0 Å². The predicted molar refractivity (Wildman–Crippen MR) is 36.2 cm³/mol. The highest BCUT2D eigenvalue weighted by atomic mass is 16.4. The molecule has 9 heavy (non-hydrogen) atoms. The third kappa shape index (κ3) is 3.76. The van der Waals surface area contributed by atoms with Gasteiger partial charge in [-0.1, -0.05) is 19.1 Å². The van der Waals surface area contributed by atoms with E-state index in [2.05, 4.69) is 6.58 Å². The topological polar surface area (TPSA) is 37.3 Å². The molecular formula is C7H12O2. The molecule has 1 N–H and O–H groups in total. The second-order valence-corrected chi connectivity index (χ2v) is 2.35. The summed E-state index contributed by atoms with van der Waals surface area (Å²) in [4.78, 5) is 10.1. The number of aliphatic carboxylic acids is 1. The molecule has 1 atom stereocenters. The maximum atomic E-state index is 10.1. The van der Waals surface area contributed by atoms with Crippen molar-refractivity contribution in [2.45, 2.75) is 20.3 Å². The summed E-state index contributed by atoms with van der Waals surface area (Å²) in [6, 6.07) is 0. The van der Waals surface area contributed by atoms with Gasteiger partial charge < -0.3 is 5.11 Å². The van der Waals surface area contributed by atoms with E-state index in [-0.39, 0.29) is 12.3 Å². The molecule has 0 bridgehead atoms. The van der Waals surface area contributed by atoms with Crippen molar-refractivity contribution < 1.29 is 9.90 Å². The Hall–Kier alpha value is -0.790. The highest BCUT2D eigenvalue weighted by Crippen LogP contribution is 2.10. The summed E-state index contributed by atoms with van der Waals surface area (Å²) >= 11 is 0. The summed E-state index contributed by atoms with van der Waals surface area (Å²) in [5.41, 5.74) is 0.928.